The normalized spacial score (nSPS) is 15.8. The van der Waals surface area contributed by atoms with Crippen molar-refractivity contribution in [1.82, 2.24) is 20.2 Å². The number of aromatic nitrogens is 4. The first-order valence-electron chi connectivity index (χ1n) is 6.11. The Morgan fingerprint density at radius 2 is 2.16 bits per heavy atom. The first kappa shape index (κ1) is 12.0. The summed E-state index contributed by atoms with van der Waals surface area (Å²) in [6.45, 7) is 4.32. The van der Waals surface area contributed by atoms with Gasteiger partial charge in [0.2, 0.25) is 0 Å². The lowest BCUT2D eigenvalue weighted by molar-refractivity contribution is 0.122. The minimum Gasteiger partial charge on any atom is -0.378 e. The van der Waals surface area contributed by atoms with Gasteiger partial charge in [0.15, 0.2) is 17.5 Å². The first-order chi connectivity index (χ1) is 9.24. The summed E-state index contributed by atoms with van der Waals surface area (Å²) in [5.74, 6) is 0.319. The number of hydrogen-bond acceptors (Lipinski definition) is 5. The van der Waals surface area contributed by atoms with E-state index in [1.54, 1.807) is 0 Å². The fourth-order valence-corrected chi connectivity index (χ4v) is 2.01. The Hall–Kier alpha value is -2.02. The molecule has 1 aliphatic heterocycles. The van der Waals surface area contributed by atoms with Crippen LogP contribution >= 0.6 is 0 Å². The van der Waals surface area contributed by atoms with Crippen molar-refractivity contribution in [3.63, 3.8) is 0 Å². The van der Waals surface area contributed by atoms with E-state index in [4.69, 9.17) is 4.74 Å². The fraction of sp³-hybridized carbons (Fsp3) is 0.417. The molecule has 3 heterocycles. The number of anilines is 1. The summed E-state index contributed by atoms with van der Waals surface area (Å²) in [7, 11) is 0. The molecule has 0 radical (unpaired) electrons. The fourth-order valence-electron chi connectivity index (χ4n) is 2.01. The molecule has 3 rings (SSSR count). The van der Waals surface area contributed by atoms with Gasteiger partial charge in [0, 0.05) is 18.8 Å². The van der Waals surface area contributed by atoms with Crippen LogP contribution in [0, 0.1) is 12.7 Å². The van der Waals surface area contributed by atoms with Crippen LogP contribution in [0.25, 0.3) is 11.5 Å². The molecule has 0 amide bonds. The average molecular weight is 263 g/mol. The van der Waals surface area contributed by atoms with Gasteiger partial charge in [-0.15, -0.1) is 0 Å². The van der Waals surface area contributed by atoms with Crippen molar-refractivity contribution >= 4 is 5.82 Å². The summed E-state index contributed by atoms with van der Waals surface area (Å²) in [6, 6.07) is 1.83. The number of aromatic amines is 1. The van der Waals surface area contributed by atoms with Crippen LogP contribution in [0.2, 0.25) is 0 Å². The van der Waals surface area contributed by atoms with Crippen molar-refractivity contribution in [2.75, 3.05) is 31.2 Å². The molecule has 19 heavy (non-hydrogen) atoms. The minimum atomic E-state index is -0.419. The molecular formula is C12H14FN5O. The largest absolute Gasteiger partial charge is 0.378 e. The summed E-state index contributed by atoms with van der Waals surface area (Å²) in [5.41, 5.74) is 1.53. The van der Waals surface area contributed by atoms with Crippen LogP contribution in [0.15, 0.2) is 12.3 Å². The topological polar surface area (TPSA) is 66.9 Å². The van der Waals surface area contributed by atoms with Crippen LogP contribution < -0.4 is 4.90 Å². The molecule has 1 saturated heterocycles. The lowest BCUT2D eigenvalue weighted by Gasteiger charge is -2.27. The van der Waals surface area contributed by atoms with E-state index in [0.29, 0.717) is 43.6 Å². The highest BCUT2D eigenvalue weighted by Gasteiger charge is 2.18. The molecule has 2 aromatic heterocycles. The number of rotatable bonds is 2. The zero-order chi connectivity index (χ0) is 13.2. The van der Waals surface area contributed by atoms with Gasteiger partial charge in [-0.25, -0.2) is 14.4 Å². The van der Waals surface area contributed by atoms with Gasteiger partial charge in [-0.1, -0.05) is 0 Å². The van der Waals surface area contributed by atoms with Gasteiger partial charge >= 0.3 is 0 Å². The van der Waals surface area contributed by atoms with E-state index >= 15 is 0 Å². The maximum Gasteiger partial charge on any atom is 0.183 e. The maximum atomic E-state index is 13.8. The Kier molecular flexibility index (Phi) is 3.12. The Balaban J connectivity index is 1.95. The molecule has 0 saturated carbocycles. The van der Waals surface area contributed by atoms with Gasteiger partial charge in [-0.05, 0) is 13.0 Å². The third kappa shape index (κ3) is 2.41. The summed E-state index contributed by atoms with van der Waals surface area (Å²) < 4.78 is 19.1. The van der Waals surface area contributed by atoms with Crippen molar-refractivity contribution in [2.45, 2.75) is 6.92 Å². The van der Waals surface area contributed by atoms with E-state index in [9.17, 15) is 4.39 Å². The summed E-state index contributed by atoms with van der Waals surface area (Å²) in [5, 5.41) is 6.91. The van der Waals surface area contributed by atoms with Crippen LogP contribution in [0.1, 0.15) is 5.69 Å². The highest BCUT2D eigenvalue weighted by atomic mass is 19.1. The van der Waals surface area contributed by atoms with Crippen molar-refractivity contribution < 1.29 is 9.13 Å². The Morgan fingerprint density at radius 1 is 1.37 bits per heavy atom. The van der Waals surface area contributed by atoms with Crippen molar-refractivity contribution in [3.8, 4) is 11.5 Å². The van der Waals surface area contributed by atoms with E-state index in [2.05, 4.69) is 20.2 Å². The smallest absolute Gasteiger partial charge is 0.183 e. The van der Waals surface area contributed by atoms with Crippen molar-refractivity contribution in [1.29, 1.82) is 0 Å². The van der Waals surface area contributed by atoms with Gasteiger partial charge in [0.05, 0.1) is 19.4 Å². The van der Waals surface area contributed by atoms with E-state index < -0.39 is 5.82 Å². The second-order valence-corrected chi connectivity index (χ2v) is 4.40. The van der Waals surface area contributed by atoms with Crippen LogP contribution in [0.4, 0.5) is 10.2 Å². The zero-order valence-electron chi connectivity index (χ0n) is 10.6. The van der Waals surface area contributed by atoms with Gasteiger partial charge in [-0.3, -0.25) is 5.10 Å². The van der Waals surface area contributed by atoms with E-state index in [-0.39, 0.29) is 0 Å². The lowest BCUT2D eigenvalue weighted by atomic mass is 10.3. The van der Waals surface area contributed by atoms with Crippen molar-refractivity contribution in [2.24, 2.45) is 0 Å². The molecule has 100 valence electrons. The number of nitrogens with zero attached hydrogens (tertiary/aromatic N) is 4. The van der Waals surface area contributed by atoms with E-state index in [1.165, 1.54) is 6.20 Å². The molecule has 1 fully saturated rings. The molecule has 0 spiro atoms. The maximum absolute atomic E-state index is 13.8. The van der Waals surface area contributed by atoms with E-state index in [1.807, 2.05) is 17.9 Å². The van der Waals surface area contributed by atoms with Gasteiger partial charge in [0.25, 0.3) is 0 Å². The molecule has 0 atom stereocenters. The highest BCUT2D eigenvalue weighted by Crippen LogP contribution is 2.21. The number of halogens is 1. The molecule has 0 aliphatic carbocycles. The van der Waals surface area contributed by atoms with Crippen LogP contribution in [-0.2, 0) is 4.74 Å². The lowest BCUT2D eigenvalue weighted by Crippen LogP contribution is -2.37. The number of ether oxygens (including phenoxy) is 1. The average Bonchev–Trinajstić information content (AvgIpc) is 2.87. The summed E-state index contributed by atoms with van der Waals surface area (Å²) in [4.78, 5) is 10.1. The third-order valence-electron chi connectivity index (χ3n) is 2.97. The predicted molar refractivity (Wildman–Crippen MR) is 67.3 cm³/mol. The number of morpholine rings is 1. The third-order valence-corrected chi connectivity index (χ3v) is 2.97. The Bertz CT molecular complexity index is 579. The van der Waals surface area contributed by atoms with Gasteiger partial charge in [-0.2, -0.15) is 5.10 Å². The van der Waals surface area contributed by atoms with Crippen LogP contribution in [-0.4, -0.2) is 46.5 Å². The molecule has 0 unspecified atom stereocenters. The summed E-state index contributed by atoms with van der Waals surface area (Å²) >= 11 is 0. The molecule has 1 aliphatic rings. The molecular weight excluding hydrogens is 249 g/mol. The number of H-pyrrole nitrogens is 1. The summed E-state index contributed by atoms with van der Waals surface area (Å²) in [6.07, 6.45) is 1.19. The quantitative estimate of drug-likeness (QED) is 0.880. The number of nitrogens with one attached hydrogen (secondary N) is 1. The van der Waals surface area contributed by atoms with Crippen molar-refractivity contribution in [3.05, 3.63) is 23.8 Å². The highest BCUT2D eigenvalue weighted by molar-refractivity contribution is 5.53. The molecule has 0 aromatic carbocycles. The van der Waals surface area contributed by atoms with Gasteiger partial charge in [0.1, 0.15) is 5.69 Å². The SMILES string of the molecule is Cc1cc(-c2ncc(F)c(N3CCOCC3)n2)n[nH]1. The first-order valence-corrected chi connectivity index (χ1v) is 6.11. The molecule has 7 heteroatoms. The monoisotopic (exact) mass is 263 g/mol. The molecule has 1 N–H and O–H groups in total. The second kappa shape index (κ2) is 4.93. The van der Waals surface area contributed by atoms with E-state index in [0.717, 1.165) is 5.69 Å². The zero-order valence-corrected chi connectivity index (χ0v) is 10.6. The van der Waals surface area contributed by atoms with Crippen LogP contribution in [0.3, 0.4) is 0 Å². The Labute approximate surface area is 109 Å². The standard InChI is InChI=1S/C12H14FN5O/c1-8-6-10(17-16-8)11-14-7-9(13)12(15-11)18-2-4-19-5-3-18/h6-7H,2-5H2,1H3,(H,16,17). The Morgan fingerprint density at radius 3 is 2.84 bits per heavy atom. The van der Waals surface area contributed by atoms with Gasteiger partial charge < -0.3 is 9.64 Å². The van der Waals surface area contributed by atoms with Crippen LogP contribution in [0.5, 0.6) is 0 Å². The number of aryl methyl sites for hydroxylation is 1. The molecule has 6 nitrogen and oxygen atoms in total. The minimum absolute atomic E-state index is 0.314. The number of hydrogen-bond donors (Lipinski definition) is 1. The molecule has 0 bridgehead atoms. The molecule has 2 aromatic rings. The second-order valence-electron chi connectivity index (χ2n) is 4.40. The predicted octanol–water partition coefficient (Wildman–Crippen LogP) is 1.15.